The number of hydrazine groups is 1. The highest BCUT2D eigenvalue weighted by molar-refractivity contribution is 5.75. The Kier molecular flexibility index (Phi) is 5.59. The van der Waals surface area contributed by atoms with Crippen LogP contribution in [0.5, 0.6) is 0 Å². The monoisotopic (exact) mass is 390 g/mol. The molecule has 4 rings (SSSR count). The molecule has 28 heavy (non-hydrogen) atoms. The number of nitrogens with two attached hydrogens (primary N) is 1. The summed E-state index contributed by atoms with van der Waals surface area (Å²) < 4.78 is 0. The minimum absolute atomic E-state index is 0.0269. The number of hydrogen-bond acceptors (Lipinski definition) is 3. The molecule has 160 valence electrons. The van der Waals surface area contributed by atoms with Gasteiger partial charge in [-0.25, -0.2) is 5.84 Å². The number of carbonyl (C=O) groups is 1. The van der Waals surface area contributed by atoms with Crippen molar-refractivity contribution in [1.29, 1.82) is 0 Å². The molecule has 4 fully saturated rings. The second-order valence-electron chi connectivity index (χ2n) is 11.4. The third-order valence-corrected chi connectivity index (χ3v) is 10.4. The third kappa shape index (κ3) is 3.23. The predicted octanol–water partition coefficient (Wildman–Crippen LogP) is 4.41. The van der Waals surface area contributed by atoms with Crippen molar-refractivity contribution in [3.63, 3.8) is 0 Å². The van der Waals surface area contributed by atoms with Crippen LogP contribution in [0.25, 0.3) is 0 Å². The maximum absolute atomic E-state index is 11.6. The van der Waals surface area contributed by atoms with Crippen LogP contribution < -0.4 is 11.3 Å². The summed E-state index contributed by atoms with van der Waals surface area (Å²) in [4.78, 5) is 11.6. The van der Waals surface area contributed by atoms with E-state index in [9.17, 15) is 9.90 Å². The van der Waals surface area contributed by atoms with E-state index >= 15 is 0 Å². The van der Waals surface area contributed by atoms with E-state index in [1.54, 1.807) is 0 Å². The predicted molar refractivity (Wildman–Crippen MR) is 112 cm³/mol. The Balaban J connectivity index is 1.48. The second-order valence-corrected chi connectivity index (χ2v) is 11.4. The molecule has 4 saturated carbocycles. The van der Waals surface area contributed by atoms with E-state index in [0.29, 0.717) is 23.2 Å². The van der Waals surface area contributed by atoms with Crippen LogP contribution in [-0.2, 0) is 4.79 Å². The Hall–Kier alpha value is -0.610. The largest absolute Gasteiger partial charge is 0.393 e. The van der Waals surface area contributed by atoms with Crippen LogP contribution in [0.3, 0.4) is 0 Å². The lowest BCUT2D eigenvalue weighted by atomic mass is 9.44. The number of rotatable bonds is 4. The molecule has 4 aliphatic carbocycles. The summed E-state index contributed by atoms with van der Waals surface area (Å²) in [6.07, 6.45) is 13.0. The normalized spacial score (nSPS) is 48.9. The van der Waals surface area contributed by atoms with Gasteiger partial charge in [-0.1, -0.05) is 20.8 Å². The van der Waals surface area contributed by atoms with Gasteiger partial charge in [-0.15, -0.1) is 0 Å². The molecular formula is C24H42N2O2. The van der Waals surface area contributed by atoms with E-state index in [1.165, 1.54) is 44.9 Å². The number of amides is 1. The lowest BCUT2D eigenvalue weighted by Gasteiger charge is -2.61. The molecule has 4 N–H and O–H groups in total. The van der Waals surface area contributed by atoms with E-state index in [-0.39, 0.29) is 12.0 Å². The highest BCUT2D eigenvalue weighted by Crippen LogP contribution is 2.68. The highest BCUT2D eigenvalue weighted by atomic mass is 16.3. The van der Waals surface area contributed by atoms with Crippen LogP contribution in [-0.4, -0.2) is 17.1 Å². The van der Waals surface area contributed by atoms with Gasteiger partial charge in [0.25, 0.3) is 0 Å². The van der Waals surface area contributed by atoms with Crippen LogP contribution in [0.4, 0.5) is 0 Å². The van der Waals surface area contributed by atoms with E-state index in [2.05, 4.69) is 26.2 Å². The summed E-state index contributed by atoms with van der Waals surface area (Å²) in [5.74, 6) is 9.97. The van der Waals surface area contributed by atoms with E-state index in [4.69, 9.17) is 5.84 Å². The van der Waals surface area contributed by atoms with Gasteiger partial charge in [-0.2, -0.15) is 0 Å². The zero-order valence-corrected chi connectivity index (χ0v) is 18.3. The molecule has 4 heteroatoms. The van der Waals surface area contributed by atoms with Crippen molar-refractivity contribution in [2.45, 2.75) is 97.5 Å². The van der Waals surface area contributed by atoms with E-state index in [0.717, 1.165) is 48.9 Å². The van der Waals surface area contributed by atoms with Gasteiger partial charge in [-0.3, -0.25) is 10.2 Å². The molecule has 0 aromatic carbocycles. The summed E-state index contributed by atoms with van der Waals surface area (Å²) in [5, 5.41) is 10.2. The standard InChI is InChI=1S/C24H42N2O2/c1-15(4-9-22(28)26-25)19-7-8-20-18-6-5-16-14-17(27)10-12-23(16,2)21(18)11-13-24(19,20)3/h15-21,27H,4-14,25H2,1-3H3,(H,26,28)/t15-,16-,17-,18-,19+,20-,21-,23-,24+/m0/s1. The maximum Gasteiger partial charge on any atom is 0.233 e. The first-order valence-electron chi connectivity index (χ1n) is 12.0. The SMILES string of the molecule is C[C@@H](CCC(=O)NN)[C@H]1CC[C@H]2[C@@H]3CC[C@H]4C[C@@H](O)CC[C@]4(C)[C@H]3CC[C@]12C. The van der Waals surface area contributed by atoms with Crippen LogP contribution in [0.15, 0.2) is 0 Å². The molecule has 0 saturated heterocycles. The molecule has 0 aromatic rings. The lowest BCUT2D eigenvalue weighted by molar-refractivity contribution is -0.129. The zero-order chi connectivity index (χ0) is 20.1. The number of carbonyl (C=O) groups excluding carboxylic acids is 1. The van der Waals surface area contributed by atoms with Gasteiger partial charge < -0.3 is 5.11 Å². The molecule has 0 bridgehead atoms. The maximum atomic E-state index is 11.6. The van der Waals surface area contributed by atoms with Gasteiger partial charge >= 0.3 is 0 Å². The average Bonchev–Trinajstić information content (AvgIpc) is 3.03. The van der Waals surface area contributed by atoms with Gasteiger partial charge in [0.05, 0.1) is 6.10 Å². The van der Waals surface area contributed by atoms with Crippen molar-refractivity contribution in [1.82, 2.24) is 5.43 Å². The number of nitrogens with one attached hydrogen (secondary N) is 1. The van der Waals surface area contributed by atoms with Crippen LogP contribution >= 0.6 is 0 Å². The fraction of sp³-hybridized carbons (Fsp3) is 0.958. The van der Waals surface area contributed by atoms with Crippen molar-refractivity contribution in [3.8, 4) is 0 Å². The molecule has 0 radical (unpaired) electrons. The van der Waals surface area contributed by atoms with Crippen LogP contribution in [0.2, 0.25) is 0 Å². The van der Waals surface area contributed by atoms with Crippen molar-refractivity contribution in [3.05, 3.63) is 0 Å². The minimum Gasteiger partial charge on any atom is -0.393 e. The van der Waals surface area contributed by atoms with Crippen molar-refractivity contribution in [2.75, 3.05) is 0 Å². The summed E-state index contributed by atoms with van der Waals surface area (Å²) in [5.41, 5.74) is 3.21. The highest BCUT2D eigenvalue weighted by Gasteiger charge is 2.60. The smallest absolute Gasteiger partial charge is 0.233 e. The summed E-state index contributed by atoms with van der Waals surface area (Å²) >= 11 is 0. The molecule has 0 spiro atoms. The second kappa shape index (κ2) is 7.58. The van der Waals surface area contributed by atoms with Gasteiger partial charge in [0.15, 0.2) is 0 Å². The molecule has 0 aromatic heterocycles. The average molecular weight is 391 g/mol. The number of fused-ring (bicyclic) bond motifs is 5. The Morgan fingerprint density at radius 3 is 2.54 bits per heavy atom. The van der Waals surface area contributed by atoms with Crippen molar-refractivity contribution < 1.29 is 9.90 Å². The van der Waals surface area contributed by atoms with Crippen LogP contribution in [0.1, 0.15) is 91.4 Å². The molecule has 4 nitrogen and oxygen atoms in total. The summed E-state index contributed by atoms with van der Waals surface area (Å²) in [6, 6.07) is 0. The first-order chi connectivity index (χ1) is 13.3. The lowest BCUT2D eigenvalue weighted by Crippen LogP contribution is -2.54. The fourth-order valence-corrected chi connectivity index (χ4v) is 8.84. The van der Waals surface area contributed by atoms with Gasteiger partial charge in [0.1, 0.15) is 0 Å². The van der Waals surface area contributed by atoms with Gasteiger partial charge in [0, 0.05) is 6.42 Å². The number of aliphatic hydroxyl groups is 1. The molecule has 1 amide bonds. The Morgan fingerprint density at radius 2 is 1.79 bits per heavy atom. The first kappa shape index (κ1) is 20.7. The summed E-state index contributed by atoms with van der Waals surface area (Å²) in [7, 11) is 0. The van der Waals surface area contributed by atoms with Gasteiger partial charge in [-0.05, 0) is 111 Å². The summed E-state index contributed by atoms with van der Waals surface area (Å²) in [6.45, 7) is 7.53. The van der Waals surface area contributed by atoms with E-state index in [1.807, 2.05) is 0 Å². The molecule has 0 heterocycles. The molecule has 4 aliphatic rings. The first-order valence-corrected chi connectivity index (χ1v) is 12.0. The molecule has 9 atom stereocenters. The number of hydrogen-bond donors (Lipinski definition) is 3. The molecular weight excluding hydrogens is 348 g/mol. The van der Waals surface area contributed by atoms with Crippen molar-refractivity contribution >= 4 is 5.91 Å². The Bertz CT molecular complexity index is 595. The minimum atomic E-state index is -0.0501. The van der Waals surface area contributed by atoms with Crippen LogP contribution in [0, 0.1) is 46.3 Å². The Labute approximate surface area is 171 Å². The zero-order valence-electron chi connectivity index (χ0n) is 18.3. The van der Waals surface area contributed by atoms with Crippen molar-refractivity contribution in [2.24, 2.45) is 52.2 Å². The van der Waals surface area contributed by atoms with Gasteiger partial charge in [0.2, 0.25) is 5.91 Å². The van der Waals surface area contributed by atoms with E-state index < -0.39 is 0 Å². The Morgan fingerprint density at radius 1 is 1.07 bits per heavy atom. The molecule has 0 aliphatic heterocycles. The third-order valence-electron chi connectivity index (χ3n) is 10.4. The molecule has 0 unspecified atom stereocenters. The number of aliphatic hydroxyl groups excluding tert-OH is 1. The fourth-order valence-electron chi connectivity index (χ4n) is 8.84. The topological polar surface area (TPSA) is 75.4 Å². The quantitative estimate of drug-likeness (QED) is 0.378.